The van der Waals surface area contributed by atoms with Gasteiger partial charge in [-0.3, -0.25) is 9.48 Å². The van der Waals surface area contributed by atoms with Crippen LogP contribution in [0, 0.1) is 3.57 Å². The van der Waals surface area contributed by atoms with Crippen LogP contribution in [0.3, 0.4) is 0 Å². The summed E-state index contributed by atoms with van der Waals surface area (Å²) in [6.07, 6.45) is 3.38. The molecule has 2 aromatic rings. The number of aryl methyl sites for hydroxylation is 1. The molecule has 2 rings (SSSR count). The molecule has 0 aliphatic carbocycles. The molecule has 0 spiro atoms. The third kappa shape index (κ3) is 4.03. The van der Waals surface area contributed by atoms with Crippen molar-refractivity contribution in [1.82, 2.24) is 15.2 Å². The van der Waals surface area contributed by atoms with E-state index in [-0.39, 0.29) is 5.91 Å². The Hall–Kier alpha value is -1.90. The van der Waals surface area contributed by atoms with Crippen LogP contribution >= 0.6 is 22.6 Å². The van der Waals surface area contributed by atoms with E-state index in [2.05, 4.69) is 38.2 Å². The molecule has 1 N–H and O–H groups in total. The standard InChI is InChI=1S/C14H16IN5O/c1-19(2)11-6-4-10(5-7-11)8-16-17-14(21)13-12(15)9-20(3)18-13/h4-9H,1-3H3,(H,17,21)/b16-8+. The molecule has 1 heterocycles. The van der Waals surface area contributed by atoms with Gasteiger partial charge in [-0.15, -0.1) is 0 Å². The van der Waals surface area contributed by atoms with Crippen LogP contribution < -0.4 is 10.3 Å². The average molecular weight is 397 g/mol. The molecule has 0 radical (unpaired) electrons. The van der Waals surface area contributed by atoms with E-state index in [1.165, 1.54) is 0 Å². The average Bonchev–Trinajstić information content (AvgIpc) is 2.78. The Bertz CT molecular complexity index is 661. The van der Waals surface area contributed by atoms with Crippen LogP contribution in [-0.2, 0) is 7.05 Å². The van der Waals surface area contributed by atoms with Crippen molar-refractivity contribution in [3.05, 3.63) is 45.3 Å². The van der Waals surface area contributed by atoms with Crippen molar-refractivity contribution in [2.45, 2.75) is 0 Å². The van der Waals surface area contributed by atoms with E-state index in [0.29, 0.717) is 5.69 Å². The van der Waals surface area contributed by atoms with Gasteiger partial charge in [0.25, 0.3) is 5.91 Å². The first-order chi connectivity index (χ1) is 9.97. The summed E-state index contributed by atoms with van der Waals surface area (Å²) in [5.74, 6) is -0.318. The van der Waals surface area contributed by atoms with Gasteiger partial charge in [0.15, 0.2) is 5.69 Å². The monoisotopic (exact) mass is 397 g/mol. The van der Waals surface area contributed by atoms with Crippen LogP contribution in [-0.4, -0.2) is 36.0 Å². The number of hydrazone groups is 1. The maximum atomic E-state index is 11.9. The zero-order valence-electron chi connectivity index (χ0n) is 12.0. The van der Waals surface area contributed by atoms with Crippen molar-refractivity contribution in [3.63, 3.8) is 0 Å². The molecule has 0 unspecified atom stereocenters. The highest BCUT2D eigenvalue weighted by Gasteiger charge is 2.13. The van der Waals surface area contributed by atoms with Gasteiger partial charge >= 0.3 is 0 Å². The molecule has 0 bridgehead atoms. The molecular formula is C14H16IN5O. The summed E-state index contributed by atoms with van der Waals surface area (Å²) in [5.41, 5.74) is 4.88. The summed E-state index contributed by atoms with van der Waals surface area (Å²) in [6.45, 7) is 0. The summed E-state index contributed by atoms with van der Waals surface area (Å²) < 4.78 is 2.39. The molecule has 1 aromatic heterocycles. The summed E-state index contributed by atoms with van der Waals surface area (Å²) in [5, 5.41) is 8.04. The molecule has 1 aromatic carbocycles. The number of hydrogen-bond acceptors (Lipinski definition) is 4. The van der Waals surface area contributed by atoms with Crippen molar-refractivity contribution >= 4 is 40.4 Å². The molecule has 0 saturated heterocycles. The predicted octanol–water partition coefficient (Wildman–Crippen LogP) is 1.85. The number of rotatable bonds is 4. The molecular weight excluding hydrogens is 381 g/mol. The normalized spacial score (nSPS) is 10.9. The lowest BCUT2D eigenvalue weighted by Gasteiger charge is -2.11. The maximum Gasteiger partial charge on any atom is 0.292 e. The second-order valence-electron chi connectivity index (χ2n) is 4.68. The molecule has 110 valence electrons. The second kappa shape index (κ2) is 6.70. The number of benzene rings is 1. The largest absolute Gasteiger partial charge is 0.378 e. The van der Waals surface area contributed by atoms with Gasteiger partial charge in [-0.1, -0.05) is 12.1 Å². The van der Waals surface area contributed by atoms with Gasteiger partial charge in [-0.05, 0) is 40.3 Å². The number of halogens is 1. The minimum atomic E-state index is -0.318. The van der Waals surface area contributed by atoms with E-state index >= 15 is 0 Å². The Kier molecular flexibility index (Phi) is 4.94. The number of amides is 1. The molecule has 1 amide bonds. The van der Waals surface area contributed by atoms with Gasteiger partial charge in [0.2, 0.25) is 0 Å². The summed E-state index contributed by atoms with van der Waals surface area (Å²) >= 11 is 2.07. The molecule has 21 heavy (non-hydrogen) atoms. The fourth-order valence-electron chi connectivity index (χ4n) is 1.69. The fraction of sp³-hybridized carbons (Fsp3) is 0.214. The lowest BCUT2D eigenvalue weighted by molar-refractivity contribution is 0.0948. The predicted molar refractivity (Wildman–Crippen MR) is 91.8 cm³/mol. The van der Waals surface area contributed by atoms with Crippen LogP contribution in [0.1, 0.15) is 16.1 Å². The third-order valence-corrected chi connectivity index (χ3v) is 3.58. The first-order valence-electron chi connectivity index (χ1n) is 6.27. The van der Waals surface area contributed by atoms with Crippen LogP contribution in [0.5, 0.6) is 0 Å². The van der Waals surface area contributed by atoms with Crippen LogP contribution in [0.25, 0.3) is 0 Å². The number of nitrogens with zero attached hydrogens (tertiary/aromatic N) is 4. The molecule has 0 fully saturated rings. The van der Waals surface area contributed by atoms with Gasteiger partial charge in [-0.25, -0.2) is 5.43 Å². The maximum absolute atomic E-state index is 11.9. The summed E-state index contributed by atoms with van der Waals surface area (Å²) in [7, 11) is 5.74. The highest BCUT2D eigenvalue weighted by Crippen LogP contribution is 2.11. The minimum Gasteiger partial charge on any atom is -0.378 e. The lowest BCUT2D eigenvalue weighted by Crippen LogP contribution is -2.19. The van der Waals surface area contributed by atoms with Crippen molar-refractivity contribution < 1.29 is 4.79 Å². The van der Waals surface area contributed by atoms with E-state index in [0.717, 1.165) is 14.8 Å². The molecule has 0 saturated carbocycles. The van der Waals surface area contributed by atoms with Gasteiger partial charge in [0, 0.05) is 33.0 Å². The molecule has 6 nitrogen and oxygen atoms in total. The van der Waals surface area contributed by atoms with Crippen molar-refractivity contribution in [3.8, 4) is 0 Å². The zero-order chi connectivity index (χ0) is 15.4. The summed E-state index contributed by atoms with van der Waals surface area (Å²) in [4.78, 5) is 13.9. The first-order valence-corrected chi connectivity index (χ1v) is 7.35. The first kappa shape index (κ1) is 15.5. The molecule has 7 heteroatoms. The second-order valence-corrected chi connectivity index (χ2v) is 5.85. The smallest absolute Gasteiger partial charge is 0.292 e. The highest BCUT2D eigenvalue weighted by atomic mass is 127. The van der Waals surface area contributed by atoms with Crippen LogP contribution in [0.4, 0.5) is 5.69 Å². The number of hydrogen-bond donors (Lipinski definition) is 1. The summed E-state index contributed by atoms with van der Waals surface area (Å²) in [6, 6.07) is 7.86. The van der Waals surface area contributed by atoms with E-state index < -0.39 is 0 Å². The Morgan fingerprint density at radius 3 is 2.57 bits per heavy atom. The van der Waals surface area contributed by atoms with Gasteiger partial charge < -0.3 is 4.90 Å². The number of anilines is 1. The van der Waals surface area contributed by atoms with Crippen molar-refractivity contribution in [2.75, 3.05) is 19.0 Å². The molecule has 0 atom stereocenters. The Morgan fingerprint density at radius 1 is 1.38 bits per heavy atom. The molecule has 0 aliphatic heterocycles. The van der Waals surface area contributed by atoms with Crippen molar-refractivity contribution in [1.29, 1.82) is 0 Å². The van der Waals surface area contributed by atoms with Crippen LogP contribution in [0.15, 0.2) is 35.6 Å². The quantitative estimate of drug-likeness (QED) is 0.487. The van der Waals surface area contributed by atoms with Crippen molar-refractivity contribution in [2.24, 2.45) is 12.1 Å². The van der Waals surface area contributed by atoms with Crippen LogP contribution in [0.2, 0.25) is 0 Å². The molecule has 0 aliphatic rings. The zero-order valence-corrected chi connectivity index (χ0v) is 14.2. The van der Waals surface area contributed by atoms with Gasteiger partial charge in [0.1, 0.15) is 0 Å². The fourth-order valence-corrected chi connectivity index (χ4v) is 2.45. The topological polar surface area (TPSA) is 62.5 Å². The number of carbonyl (C=O) groups is 1. The van der Waals surface area contributed by atoms with Gasteiger partial charge in [-0.2, -0.15) is 10.2 Å². The third-order valence-electron chi connectivity index (χ3n) is 2.79. The Morgan fingerprint density at radius 2 is 2.05 bits per heavy atom. The number of aromatic nitrogens is 2. The Balaban J connectivity index is 1.99. The van der Waals surface area contributed by atoms with E-state index in [4.69, 9.17) is 0 Å². The van der Waals surface area contributed by atoms with E-state index in [9.17, 15) is 4.79 Å². The SMILES string of the molecule is CN(C)c1ccc(/C=N/NC(=O)c2nn(C)cc2I)cc1. The van der Waals surface area contributed by atoms with E-state index in [1.807, 2.05) is 43.3 Å². The van der Waals surface area contributed by atoms with E-state index in [1.54, 1.807) is 24.1 Å². The number of carbonyl (C=O) groups excluding carboxylic acids is 1. The lowest BCUT2D eigenvalue weighted by atomic mass is 10.2. The highest BCUT2D eigenvalue weighted by molar-refractivity contribution is 14.1. The minimum absolute atomic E-state index is 0.318. The van der Waals surface area contributed by atoms with Gasteiger partial charge in [0.05, 0.1) is 9.78 Å². The number of nitrogens with one attached hydrogen (secondary N) is 1. The Labute approximate surface area is 137 Å².